The number of hydrogen-bond acceptors (Lipinski definition) is 4. The minimum Gasteiger partial charge on any atom is -0.494 e. The molecule has 0 bridgehead atoms. The number of hydrogen-bond donors (Lipinski definition) is 2. The van der Waals surface area contributed by atoms with Gasteiger partial charge in [0.25, 0.3) is 0 Å². The predicted octanol–water partition coefficient (Wildman–Crippen LogP) is 7.28. The number of aromatic nitrogens is 2. The number of carbonyl (C=O) groups excluding carboxylic acids is 1. The van der Waals surface area contributed by atoms with E-state index in [0.717, 1.165) is 28.3 Å². The molecule has 1 aliphatic heterocycles. The van der Waals surface area contributed by atoms with Crippen molar-refractivity contribution in [1.82, 2.24) is 14.9 Å². The summed E-state index contributed by atoms with van der Waals surface area (Å²) in [4.78, 5) is 19.6. The second-order valence-electron chi connectivity index (χ2n) is 12.0. The standard InChI is InChI=1S/C34H39N5O2S/c1-20-12-11-13-21(2)30(20)38-22(3)18-25(23(38)4)31-29(27-14-9-10-17-35-27)37-33(42)39(31)24-15-16-26(28(19-24)41-8)36-32(40)34(5,6)7/h9-19,29,31H,1-8H3,(H,36,40)(H,37,42)/t29-,31+/m1/s1. The van der Waals surface area contributed by atoms with Crippen molar-refractivity contribution < 1.29 is 9.53 Å². The summed E-state index contributed by atoms with van der Waals surface area (Å²) in [5, 5.41) is 7.18. The van der Waals surface area contributed by atoms with E-state index in [9.17, 15) is 4.79 Å². The third kappa shape index (κ3) is 5.27. The van der Waals surface area contributed by atoms with Crippen LogP contribution in [0, 0.1) is 33.1 Å². The van der Waals surface area contributed by atoms with Crippen molar-refractivity contribution >= 4 is 34.6 Å². The molecule has 1 aliphatic rings. The summed E-state index contributed by atoms with van der Waals surface area (Å²) >= 11 is 6.00. The average molecular weight is 582 g/mol. The van der Waals surface area contributed by atoms with E-state index in [1.165, 1.54) is 16.8 Å². The number of amides is 1. The number of thiocarbonyl (C=S) groups is 1. The number of methoxy groups -OCH3 is 1. The van der Waals surface area contributed by atoms with Crippen LogP contribution in [0.5, 0.6) is 5.75 Å². The van der Waals surface area contributed by atoms with E-state index < -0.39 is 5.41 Å². The second-order valence-corrected chi connectivity index (χ2v) is 12.4. The van der Waals surface area contributed by atoms with Crippen LogP contribution in [-0.4, -0.2) is 27.7 Å². The summed E-state index contributed by atoms with van der Waals surface area (Å²) in [5.74, 6) is 0.480. The van der Waals surface area contributed by atoms with Gasteiger partial charge in [0.15, 0.2) is 5.11 Å². The summed E-state index contributed by atoms with van der Waals surface area (Å²) < 4.78 is 8.10. The first-order chi connectivity index (χ1) is 19.9. The van der Waals surface area contributed by atoms with Crippen LogP contribution in [-0.2, 0) is 4.79 Å². The van der Waals surface area contributed by atoms with Crippen molar-refractivity contribution in [3.63, 3.8) is 0 Å². The van der Waals surface area contributed by atoms with Crippen LogP contribution in [0.15, 0.2) is 66.9 Å². The Balaban J connectivity index is 1.65. The number of para-hydroxylation sites is 1. The van der Waals surface area contributed by atoms with E-state index in [-0.39, 0.29) is 18.0 Å². The zero-order valence-electron chi connectivity index (χ0n) is 25.6. The monoisotopic (exact) mass is 581 g/mol. The number of ether oxygens (including phenoxy) is 1. The Hall–Kier alpha value is -4.17. The Labute approximate surface area is 253 Å². The highest BCUT2D eigenvalue weighted by Gasteiger charge is 2.42. The molecule has 1 saturated heterocycles. The molecule has 218 valence electrons. The molecule has 2 aromatic heterocycles. The summed E-state index contributed by atoms with van der Waals surface area (Å²) in [6.45, 7) is 14.3. The van der Waals surface area contributed by atoms with Gasteiger partial charge in [0.1, 0.15) is 5.75 Å². The first-order valence-electron chi connectivity index (χ1n) is 14.2. The third-order valence-corrected chi connectivity index (χ3v) is 8.26. The van der Waals surface area contributed by atoms with Gasteiger partial charge >= 0.3 is 0 Å². The minimum atomic E-state index is -0.539. The molecule has 0 radical (unpaired) electrons. The average Bonchev–Trinajstić information content (AvgIpc) is 3.44. The molecule has 1 amide bonds. The molecule has 4 aromatic rings. The van der Waals surface area contributed by atoms with E-state index in [4.69, 9.17) is 21.9 Å². The van der Waals surface area contributed by atoms with Gasteiger partial charge in [0, 0.05) is 34.8 Å². The molecule has 0 spiro atoms. The van der Waals surface area contributed by atoms with Gasteiger partial charge < -0.3 is 24.8 Å². The molecule has 42 heavy (non-hydrogen) atoms. The zero-order valence-corrected chi connectivity index (χ0v) is 26.4. The maximum Gasteiger partial charge on any atom is 0.229 e. The highest BCUT2D eigenvalue weighted by Crippen LogP contribution is 2.45. The fraction of sp³-hybridized carbons (Fsp3) is 0.324. The molecule has 2 aromatic carbocycles. The van der Waals surface area contributed by atoms with Crippen molar-refractivity contribution in [2.75, 3.05) is 17.3 Å². The lowest BCUT2D eigenvalue weighted by Crippen LogP contribution is -2.30. The number of nitrogens with zero attached hydrogens (tertiary/aromatic N) is 3. The molecular weight excluding hydrogens is 542 g/mol. The van der Waals surface area contributed by atoms with Gasteiger partial charge in [-0.1, -0.05) is 45.0 Å². The molecule has 0 saturated carbocycles. The van der Waals surface area contributed by atoms with Gasteiger partial charge in [-0.25, -0.2) is 0 Å². The summed E-state index contributed by atoms with van der Waals surface area (Å²) in [5.41, 5.74) is 8.94. The Morgan fingerprint density at radius 1 is 1.00 bits per heavy atom. The van der Waals surface area contributed by atoms with E-state index in [1.54, 1.807) is 7.11 Å². The zero-order chi connectivity index (χ0) is 30.3. The number of anilines is 2. The number of rotatable bonds is 6. The summed E-state index contributed by atoms with van der Waals surface area (Å²) in [6, 6.07) is 20.1. The van der Waals surface area contributed by atoms with Gasteiger partial charge in [0.2, 0.25) is 5.91 Å². The van der Waals surface area contributed by atoms with Gasteiger partial charge in [-0.15, -0.1) is 0 Å². The highest BCUT2D eigenvalue weighted by atomic mass is 32.1. The van der Waals surface area contributed by atoms with Crippen molar-refractivity contribution in [3.8, 4) is 11.4 Å². The number of benzene rings is 2. The maximum absolute atomic E-state index is 12.8. The lowest BCUT2D eigenvalue weighted by molar-refractivity contribution is -0.123. The molecule has 2 N–H and O–H groups in total. The van der Waals surface area contributed by atoms with Gasteiger partial charge in [-0.3, -0.25) is 9.78 Å². The van der Waals surface area contributed by atoms with Crippen molar-refractivity contribution in [2.45, 2.75) is 60.5 Å². The Morgan fingerprint density at radius 3 is 2.33 bits per heavy atom. The summed E-state index contributed by atoms with van der Waals surface area (Å²) in [6.07, 6.45) is 1.81. The lowest BCUT2D eigenvalue weighted by Gasteiger charge is -2.29. The van der Waals surface area contributed by atoms with E-state index >= 15 is 0 Å². The number of pyridine rings is 1. The second kappa shape index (κ2) is 11.2. The van der Waals surface area contributed by atoms with Gasteiger partial charge in [-0.2, -0.15) is 0 Å². The molecule has 5 rings (SSSR count). The third-order valence-electron chi connectivity index (χ3n) is 7.94. The number of nitrogens with one attached hydrogen (secondary N) is 2. The van der Waals surface area contributed by atoms with Crippen LogP contribution < -0.4 is 20.3 Å². The summed E-state index contributed by atoms with van der Waals surface area (Å²) in [7, 11) is 1.61. The molecule has 8 heteroatoms. The van der Waals surface area contributed by atoms with Crippen LogP contribution in [0.3, 0.4) is 0 Å². The number of carbonyl (C=O) groups is 1. The highest BCUT2D eigenvalue weighted by molar-refractivity contribution is 7.80. The van der Waals surface area contributed by atoms with Crippen LogP contribution in [0.4, 0.5) is 11.4 Å². The number of aryl methyl sites for hydroxylation is 3. The molecule has 1 fully saturated rings. The quantitative estimate of drug-likeness (QED) is 0.233. The van der Waals surface area contributed by atoms with E-state index in [2.05, 4.69) is 72.1 Å². The van der Waals surface area contributed by atoms with Gasteiger partial charge in [-0.05, 0) is 86.9 Å². The molecular formula is C34H39N5O2S. The maximum atomic E-state index is 12.8. The van der Waals surface area contributed by atoms with E-state index in [1.807, 2.05) is 63.4 Å². The van der Waals surface area contributed by atoms with Crippen molar-refractivity contribution in [1.29, 1.82) is 0 Å². The molecule has 3 heterocycles. The van der Waals surface area contributed by atoms with E-state index in [0.29, 0.717) is 16.5 Å². The van der Waals surface area contributed by atoms with Crippen molar-refractivity contribution in [3.05, 3.63) is 101 Å². The first kappa shape index (κ1) is 29.3. The topological polar surface area (TPSA) is 71.4 Å². The van der Waals surface area contributed by atoms with Gasteiger partial charge in [0.05, 0.1) is 36.3 Å². The lowest BCUT2D eigenvalue weighted by atomic mass is 9.95. The van der Waals surface area contributed by atoms with Crippen LogP contribution >= 0.6 is 12.2 Å². The fourth-order valence-corrected chi connectivity index (χ4v) is 6.13. The molecule has 7 nitrogen and oxygen atoms in total. The van der Waals surface area contributed by atoms with Crippen LogP contribution in [0.2, 0.25) is 0 Å². The molecule has 2 atom stereocenters. The molecule has 0 aliphatic carbocycles. The smallest absolute Gasteiger partial charge is 0.229 e. The fourth-order valence-electron chi connectivity index (χ4n) is 5.78. The molecule has 0 unspecified atom stereocenters. The van der Waals surface area contributed by atoms with Crippen LogP contribution in [0.1, 0.15) is 66.6 Å². The van der Waals surface area contributed by atoms with Crippen LogP contribution in [0.25, 0.3) is 5.69 Å². The Morgan fingerprint density at radius 2 is 1.71 bits per heavy atom. The Kier molecular flexibility index (Phi) is 7.86. The largest absolute Gasteiger partial charge is 0.494 e. The first-order valence-corrected chi connectivity index (χ1v) is 14.6. The predicted molar refractivity (Wildman–Crippen MR) is 174 cm³/mol. The van der Waals surface area contributed by atoms with Crippen molar-refractivity contribution in [2.24, 2.45) is 5.41 Å². The Bertz CT molecular complexity index is 1630. The SMILES string of the molecule is COc1cc(N2C(=S)N[C@H](c3ccccn3)[C@@H]2c2cc(C)n(-c3c(C)cccc3C)c2C)ccc1NC(=O)C(C)(C)C. The normalized spacial score (nSPS) is 16.9. The minimum absolute atomic E-state index is 0.0843.